The van der Waals surface area contributed by atoms with Crippen LogP contribution in [0.25, 0.3) is 0 Å². The number of nitrogens with one attached hydrogen (secondary N) is 2. The van der Waals surface area contributed by atoms with Crippen LogP contribution in [-0.4, -0.2) is 109 Å². The molecule has 0 aromatic heterocycles. The van der Waals surface area contributed by atoms with E-state index in [9.17, 15) is 39.6 Å². The average molecular weight is 976 g/mol. The van der Waals surface area contributed by atoms with E-state index in [4.69, 9.17) is 0 Å². The smallest absolute Gasteiger partial charge is 0.862 e. The Labute approximate surface area is 440 Å². The molecule has 388 valence electrons. The van der Waals surface area contributed by atoms with E-state index in [1.165, 1.54) is 89.9 Å². The van der Waals surface area contributed by atoms with Gasteiger partial charge in [-0.15, -0.1) is 0 Å². The van der Waals surface area contributed by atoms with Gasteiger partial charge in [-0.25, -0.2) is 9.59 Å². The van der Waals surface area contributed by atoms with E-state index in [1.807, 2.05) is 13.8 Å². The van der Waals surface area contributed by atoms with Crippen LogP contribution in [-0.2, 0) is 19.2 Å². The zero-order valence-electron chi connectivity index (χ0n) is 44.9. The molecule has 4 N–H and O–H groups in total. The van der Waals surface area contributed by atoms with Crippen LogP contribution in [0.15, 0.2) is 9.98 Å². The van der Waals surface area contributed by atoms with Crippen molar-refractivity contribution in [2.24, 2.45) is 32.7 Å². The molecule has 12 nitrogen and oxygen atoms in total. The fourth-order valence-electron chi connectivity index (χ4n) is 8.54. The molecule has 0 aliphatic carbocycles. The first-order valence-electron chi connectivity index (χ1n) is 26.6. The van der Waals surface area contributed by atoms with Gasteiger partial charge in [-0.05, 0) is 112 Å². The van der Waals surface area contributed by atoms with Crippen molar-refractivity contribution in [2.75, 3.05) is 13.1 Å². The number of hydrogen-bond donors (Lipinski definition) is 4. The number of aliphatic carboxylic acids is 2. The normalized spacial score (nSPS) is 13.9. The second-order valence-corrected chi connectivity index (χ2v) is 21.8. The maximum atomic E-state index is 12.2. The number of aliphatic imine (C=N–C) groups is 2. The van der Waals surface area contributed by atoms with E-state index in [2.05, 4.69) is 76.0 Å². The predicted molar refractivity (Wildman–Crippen MR) is 277 cm³/mol. The number of rotatable bonds is 40. The Morgan fingerprint density at radius 3 is 1.45 bits per heavy atom. The Morgan fingerprint density at radius 2 is 0.985 bits per heavy atom. The Kier molecular flexibility index (Phi) is 45.6. The third-order valence-electron chi connectivity index (χ3n) is 11.6. The van der Waals surface area contributed by atoms with Crippen molar-refractivity contribution in [1.29, 1.82) is 0 Å². The van der Waals surface area contributed by atoms with Crippen LogP contribution < -0.4 is 20.8 Å². The van der Waals surface area contributed by atoms with E-state index >= 15 is 0 Å². The molecule has 0 heterocycles. The van der Waals surface area contributed by atoms with Crippen LogP contribution >= 0.6 is 0 Å². The minimum Gasteiger partial charge on any atom is -0.862 e. The van der Waals surface area contributed by atoms with Gasteiger partial charge in [-0.1, -0.05) is 172 Å². The summed E-state index contributed by atoms with van der Waals surface area (Å²) in [5.74, 6) is -2.19. The van der Waals surface area contributed by atoms with Crippen LogP contribution in [0.4, 0.5) is 0 Å². The summed E-state index contributed by atoms with van der Waals surface area (Å²) in [5, 5.41) is 48.4. The number of carboxylic acid groups (broad SMARTS) is 2. The van der Waals surface area contributed by atoms with Gasteiger partial charge in [0.25, 0.3) is 0 Å². The zero-order valence-corrected chi connectivity index (χ0v) is 47.1. The Hall–Kier alpha value is -1.92. The number of nitrogens with zero attached hydrogens (tertiary/aromatic N) is 2. The van der Waals surface area contributed by atoms with Crippen molar-refractivity contribution < 1.29 is 39.6 Å². The number of amides is 2. The number of carbonyl (C=O) groups excluding carboxylic acids is 2. The molecular weight excluding hydrogens is 873 g/mol. The molecule has 13 heteroatoms. The molecule has 0 aromatic carbocycles. The topological polar surface area (TPSA) is 204 Å². The molecule has 0 saturated heterocycles. The quantitative estimate of drug-likeness (QED) is 0.0201. The number of unbranched alkanes of at least 4 members (excludes halogenated alkanes) is 18. The molecule has 2 unspecified atom stereocenters. The summed E-state index contributed by atoms with van der Waals surface area (Å²) in [7, 11) is 0. The molecule has 0 spiro atoms. The van der Waals surface area contributed by atoms with Crippen molar-refractivity contribution in [3.05, 3.63) is 0 Å². The summed E-state index contributed by atoms with van der Waals surface area (Å²) < 4.78 is 0. The standard InChI is InChI=1S/2C27H52N2O4.Ca/c2*1-6-7-8-9-10-11-12-13-14-18-24(30)28-19-16-15-17-23(26(32)33)29-25(31)20-22(2)21-27(3,4)5;/h2*22-23H,6-21H2,1-5H3,(H,28,30)(H,29,31)(H,32,33);/q;;+2/p-2/t2*22?,23-;/m00./s1. The third-order valence-corrected chi connectivity index (χ3v) is 11.6. The second kappa shape index (κ2) is 44.1. The molecule has 67 heavy (non-hydrogen) atoms. The van der Waals surface area contributed by atoms with Gasteiger partial charge in [0.2, 0.25) is 11.8 Å². The van der Waals surface area contributed by atoms with Crippen LogP contribution in [0.1, 0.15) is 262 Å². The van der Waals surface area contributed by atoms with Crippen LogP contribution in [0.3, 0.4) is 0 Å². The molecule has 0 radical (unpaired) electrons. The van der Waals surface area contributed by atoms with Crippen LogP contribution in [0, 0.1) is 22.7 Å². The van der Waals surface area contributed by atoms with Gasteiger partial charge in [0.1, 0.15) is 12.1 Å². The molecule has 0 aromatic rings. The Bertz CT molecular complexity index is 1310. The van der Waals surface area contributed by atoms with Gasteiger partial charge < -0.3 is 36.1 Å². The van der Waals surface area contributed by atoms with Crippen molar-refractivity contribution in [3.8, 4) is 0 Å². The molecule has 0 aliphatic heterocycles. The molecule has 0 saturated carbocycles. The van der Waals surface area contributed by atoms with Gasteiger partial charge in [0.15, 0.2) is 0 Å². The molecule has 0 bridgehead atoms. The predicted octanol–water partition coefficient (Wildman–Crippen LogP) is 11.4. The van der Waals surface area contributed by atoms with Crippen molar-refractivity contribution >= 4 is 73.3 Å². The van der Waals surface area contributed by atoms with Crippen molar-refractivity contribution in [3.63, 3.8) is 0 Å². The summed E-state index contributed by atoms with van der Waals surface area (Å²) in [6.07, 6.45) is 28.8. The van der Waals surface area contributed by atoms with Gasteiger partial charge in [0.05, 0.1) is 0 Å². The second-order valence-electron chi connectivity index (χ2n) is 21.8. The molecular formula is C54H102CaN4O8. The third kappa shape index (κ3) is 50.3. The molecule has 4 atom stereocenters. The summed E-state index contributed by atoms with van der Waals surface area (Å²) in [6, 6.07) is -1.87. The van der Waals surface area contributed by atoms with Crippen molar-refractivity contribution in [2.45, 2.75) is 274 Å². The molecule has 0 fully saturated rings. The molecule has 0 rings (SSSR count). The van der Waals surface area contributed by atoms with Gasteiger partial charge in [0, 0.05) is 25.9 Å². The fraction of sp³-hybridized carbons (Fsp3) is 0.889. The summed E-state index contributed by atoms with van der Waals surface area (Å²) in [5.41, 5.74) is 0.269. The monoisotopic (exact) mass is 975 g/mol. The average Bonchev–Trinajstić information content (AvgIpc) is 3.19. The molecule has 0 aliphatic rings. The zero-order chi connectivity index (χ0) is 50.2. The van der Waals surface area contributed by atoms with Crippen molar-refractivity contribution in [1.82, 2.24) is 10.6 Å². The summed E-state index contributed by atoms with van der Waals surface area (Å²) in [4.78, 5) is 55.1. The van der Waals surface area contributed by atoms with E-state index in [0.717, 1.165) is 38.5 Å². The fourth-order valence-corrected chi connectivity index (χ4v) is 8.54. The number of hydrogen-bond acceptors (Lipinski definition) is 8. The largest absolute Gasteiger partial charge is 2.00 e. The SMILES string of the molecule is CCCCCCCCCCCC(=O)NCCCC[C@H](NC(=O)CC(C)CC(C)(C)C)C(=O)O.CCCCCCCCCCCC([O-])=NCCCC[C@H](N=C([O-])CC(C)CC(C)(C)C)C(=O)O.[Ca+2]. The van der Waals surface area contributed by atoms with E-state index in [-0.39, 0.29) is 90.4 Å². The number of carbonyl (C=O) groups is 4. The minimum atomic E-state index is -1.06. The van der Waals surface area contributed by atoms with Gasteiger partial charge in [-0.2, -0.15) is 0 Å². The van der Waals surface area contributed by atoms with Crippen LogP contribution in [0.5, 0.6) is 0 Å². The first kappa shape index (κ1) is 69.3. The summed E-state index contributed by atoms with van der Waals surface area (Å²) in [6.45, 7) is 22.2. The summed E-state index contributed by atoms with van der Waals surface area (Å²) >= 11 is 0. The molecule has 2 amide bonds. The Morgan fingerprint density at radius 1 is 0.537 bits per heavy atom. The Balaban J connectivity index is -0.00000120. The first-order chi connectivity index (χ1) is 31.1. The maximum Gasteiger partial charge on any atom is 2.00 e. The maximum absolute atomic E-state index is 12.2. The van der Waals surface area contributed by atoms with E-state index in [0.29, 0.717) is 70.9 Å². The van der Waals surface area contributed by atoms with Gasteiger partial charge >= 0.3 is 49.7 Å². The number of carboxylic acids is 2. The van der Waals surface area contributed by atoms with E-state index in [1.54, 1.807) is 0 Å². The first-order valence-corrected chi connectivity index (χ1v) is 26.6. The van der Waals surface area contributed by atoms with Crippen LogP contribution in [0.2, 0.25) is 0 Å². The van der Waals surface area contributed by atoms with E-state index < -0.39 is 24.0 Å². The minimum absolute atomic E-state index is 0. The van der Waals surface area contributed by atoms with Gasteiger partial charge in [-0.3, -0.25) is 14.6 Å².